The van der Waals surface area contributed by atoms with E-state index in [-0.39, 0.29) is 12.5 Å². The molecule has 1 saturated carbocycles. The summed E-state index contributed by atoms with van der Waals surface area (Å²) in [5.41, 5.74) is 0.273. The summed E-state index contributed by atoms with van der Waals surface area (Å²) in [6, 6.07) is 5.41. The molecule has 0 radical (unpaired) electrons. The van der Waals surface area contributed by atoms with Crippen molar-refractivity contribution in [2.45, 2.75) is 20.4 Å². The number of benzene rings is 1. The van der Waals surface area contributed by atoms with Gasteiger partial charge in [0, 0.05) is 12.1 Å². The van der Waals surface area contributed by atoms with Crippen molar-refractivity contribution in [1.29, 1.82) is 0 Å². The Morgan fingerprint density at radius 2 is 1.91 bits per heavy atom. The van der Waals surface area contributed by atoms with Crippen LogP contribution in [0.4, 0.5) is 0 Å². The van der Waals surface area contributed by atoms with E-state index in [0.717, 1.165) is 5.56 Å². The standard InChI is InChI=1S/C16H21NO5/c1-16(2)11(12(16)15(19)20)14(18)17-8-9-6-5-7-10(21-3)13(9)22-4/h5-7,11-12H,8H2,1-4H3,(H,17,18)(H,19,20)/t11-,12-/m0/s1. The van der Waals surface area contributed by atoms with Gasteiger partial charge in [0.15, 0.2) is 11.5 Å². The molecular weight excluding hydrogens is 286 g/mol. The second-order valence-electron chi connectivity index (χ2n) is 5.99. The molecule has 1 aliphatic rings. The van der Waals surface area contributed by atoms with Crippen molar-refractivity contribution in [3.05, 3.63) is 23.8 Å². The molecule has 1 aromatic carbocycles. The van der Waals surface area contributed by atoms with Crippen molar-refractivity contribution >= 4 is 11.9 Å². The second-order valence-corrected chi connectivity index (χ2v) is 5.99. The van der Waals surface area contributed by atoms with Crippen LogP contribution in [0.3, 0.4) is 0 Å². The summed E-state index contributed by atoms with van der Waals surface area (Å²) in [5.74, 6) is -1.15. The van der Waals surface area contributed by atoms with Crippen molar-refractivity contribution < 1.29 is 24.2 Å². The van der Waals surface area contributed by atoms with Gasteiger partial charge < -0.3 is 19.9 Å². The van der Waals surface area contributed by atoms with Crippen molar-refractivity contribution in [1.82, 2.24) is 5.32 Å². The fraction of sp³-hybridized carbons (Fsp3) is 0.500. The fourth-order valence-electron chi connectivity index (χ4n) is 2.97. The third-order valence-corrected chi connectivity index (χ3v) is 4.31. The lowest BCUT2D eigenvalue weighted by Crippen LogP contribution is -2.27. The molecule has 0 unspecified atom stereocenters. The van der Waals surface area contributed by atoms with Gasteiger partial charge in [0.2, 0.25) is 5.91 Å². The van der Waals surface area contributed by atoms with Gasteiger partial charge >= 0.3 is 5.97 Å². The Morgan fingerprint density at radius 3 is 2.41 bits per heavy atom. The Hall–Kier alpha value is -2.24. The Balaban J connectivity index is 2.05. The number of carbonyl (C=O) groups is 2. The molecule has 0 aliphatic heterocycles. The highest BCUT2D eigenvalue weighted by Crippen LogP contribution is 2.58. The minimum Gasteiger partial charge on any atom is -0.493 e. The molecular formula is C16H21NO5. The molecule has 1 aliphatic carbocycles. The fourth-order valence-corrected chi connectivity index (χ4v) is 2.97. The zero-order chi connectivity index (χ0) is 16.5. The number of nitrogens with one attached hydrogen (secondary N) is 1. The van der Waals surface area contributed by atoms with Gasteiger partial charge in [-0.3, -0.25) is 9.59 Å². The van der Waals surface area contributed by atoms with Crippen LogP contribution < -0.4 is 14.8 Å². The van der Waals surface area contributed by atoms with Crippen LogP contribution in [-0.2, 0) is 16.1 Å². The number of ether oxygens (including phenoxy) is 2. The predicted octanol–water partition coefficient (Wildman–Crippen LogP) is 1.68. The van der Waals surface area contributed by atoms with E-state index in [1.807, 2.05) is 12.1 Å². The average Bonchev–Trinajstić information content (AvgIpc) is 3.07. The molecule has 2 rings (SSSR count). The van der Waals surface area contributed by atoms with Crippen LogP contribution in [-0.4, -0.2) is 31.2 Å². The lowest BCUT2D eigenvalue weighted by molar-refractivity contribution is -0.140. The first kappa shape index (κ1) is 16.1. The first-order chi connectivity index (χ1) is 10.3. The predicted molar refractivity (Wildman–Crippen MR) is 79.8 cm³/mol. The number of carboxylic acids is 1. The lowest BCUT2D eigenvalue weighted by Gasteiger charge is -2.13. The van der Waals surface area contributed by atoms with Gasteiger partial charge in [-0.2, -0.15) is 0 Å². The first-order valence-corrected chi connectivity index (χ1v) is 7.05. The second kappa shape index (κ2) is 5.87. The first-order valence-electron chi connectivity index (χ1n) is 7.05. The van der Waals surface area contributed by atoms with Gasteiger partial charge in [-0.25, -0.2) is 0 Å². The maximum Gasteiger partial charge on any atom is 0.307 e. The Bertz CT molecular complexity index is 596. The molecule has 2 atom stereocenters. The largest absolute Gasteiger partial charge is 0.493 e. The number of amides is 1. The van der Waals surface area contributed by atoms with Gasteiger partial charge in [0.1, 0.15) is 0 Å². The number of hydrogen-bond donors (Lipinski definition) is 2. The number of methoxy groups -OCH3 is 2. The van der Waals surface area contributed by atoms with Crippen LogP contribution >= 0.6 is 0 Å². The van der Waals surface area contributed by atoms with Gasteiger partial charge in [0.05, 0.1) is 26.1 Å². The molecule has 22 heavy (non-hydrogen) atoms. The number of hydrogen-bond acceptors (Lipinski definition) is 4. The minimum atomic E-state index is -0.927. The quantitative estimate of drug-likeness (QED) is 0.835. The van der Waals surface area contributed by atoms with E-state index in [9.17, 15) is 9.59 Å². The number of carbonyl (C=O) groups excluding carboxylic acids is 1. The molecule has 1 amide bonds. The lowest BCUT2D eigenvalue weighted by atomic mass is 10.1. The highest BCUT2D eigenvalue weighted by Gasteiger charge is 2.65. The molecule has 0 bridgehead atoms. The van der Waals surface area contributed by atoms with Crippen molar-refractivity contribution in [2.75, 3.05) is 14.2 Å². The molecule has 2 N–H and O–H groups in total. The van der Waals surface area contributed by atoms with E-state index in [1.165, 1.54) is 7.11 Å². The minimum absolute atomic E-state index is 0.248. The smallest absolute Gasteiger partial charge is 0.307 e. The maximum absolute atomic E-state index is 12.2. The number of carboxylic acid groups (broad SMARTS) is 1. The summed E-state index contributed by atoms with van der Waals surface area (Å²) in [4.78, 5) is 23.4. The van der Waals surface area contributed by atoms with E-state index >= 15 is 0 Å². The van der Waals surface area contributed by atoms with Crippen LogP contribution in [0.5, 0.6) is 11.5 Å². The molecule has 6 nitrogen and oxygen atoms in total. The maximum atomic E-state index is 12.2. The zero-order valence-corrected chi connectivity index (χ0v) is 13.2. The van der Waals surface area contributed by atoms with E-state index in [2.05, 4.69) is 5.32 Å². The number of para-hydroxylation sites is 1. The average molecular weight is 307 g/mol. The molecule has 6 heteroatoms. The summed E-state index contributed by atoms with van der Waals surface area (Å²) >= 11 is 0. The molecule has 1 aromatic rings. The van der Waals surface area contributed by atoms with Crippen LogP contribution in [0.1, 0.15) is 19.4 Å². The highest BCUT2D eigenvalue weighted by atomic mass is 16.5. The van der Waals surface area contributed by atoms with Gasteiger partial charge in [0.25, 0.3) is 0 Å². The van der Waals surface area contributed by atoms with Crippen molar-refractivity contribution in [2.24, 2.45) is 17.3 Å². The van der Waals surface area contributed by atoms with Crippen LogP contribution in [0.15, 0.2) is 18.2 Å². The van der Waals surface area contributed by atoms with Crippen LogP contribution in [0, 0.1) is 17.3 Å². The normalized spacial score (nSPS) is 21.8. The SMILES string of the molecule is COc1cccc(CNC(=O)[C@@H]2[C@@H](C(=O)O)C2(C)C)c1OC. The van der Waals surface area contributed by atoms with Gasteiger partial charge in [-0.1, -0.05) is 26.0 Å². The Labute approximate surface area is 129 Å². The van der Waals surface area contributed by atoms with Crippen LogP contribution in [0.25, 0.3) is 0 Å². The summed E-state index contributed by atoms with van der Waals surface area (Å²) in [5, 5.41) is 11.9. The van der Waals surface area contributed by atoms with Gasteiger partial charge in [-0.05, 0) is 11.5 Å². The highest BCUT2D eigenvalue weighted by molar-refractivity contribution is 5.91. The van der Waals surface area contributed by atoms with Crippen LogP contribution in [0.2, 0.25) is 0 Å². The monoisotopic (exact) mass is 307 g/mol. The van der Waals surface area contributed by atoms with Crippen molar-refractivity contribution in [3.63, 3.8) is 0 Å². The Morgan fingerprint density at radius 1 is 1.23 bits per heavy atom. The van der Waals surface area contributed by atoms with E-state index in [1.54, 1.807) is 27.0 Å². The number of aliphatic carboxylic acids is 1. The van der Waals surface area contributed by atoms with E-state index in [4.69, 9.17) is 14.6 Å². The summed E-state index contributed by atoms with van der Waals surface area (Å²) in [6.07, 6.45) is 0. The summed E-state index contributed by atoms with van der Waals surface area (Å²) < 4.78 is 10.5. The topological polar surface area (TPSA) is 84.9 Å². The summed E-state index contributed by atoms with van der Waals surface area (Å²) in [6.45, 7) is 3.85. The zero-order valence-electron chi connectivity index (χ0n) is 13.2. The number of rotatable bonds is 6. The van der Waals surface area contributed by atoms with Crippen molar-refractivity contribution in [3.8, 4) is 11.5 Å². The third kappa shape index (κ3) is 2.73. The molecule has 0 saturated heterocycles. The molecule has 0 spiro atoms. The Kier molecular flexibility index (Phi) is 4.30. The summed E-state index contributed by atoms with van der Waals surface area (Å²) in [7, 11) is 3.08. The molecule has 120 valence electrons. The van der Waals surface area contributed by atoms with E-state index in [0.29, 0.717) is 11.5 Å². The molecule has 1 fully saturated rings. The molecule has 0 aromatic heterocycles. The van der Waals surface area contributed by atoms with Gasteiger partial charge in [-0.15, -0.1) is 0 Å². The molecule has 0 heterocycles. The third-order valence-electron chi connectivity index (χ3n) is 4.31. The van der Waals surface area contributed by atoms with E-state index < -0.39 is 23.2 Å².